The van der Waals surface area contributed by atoms with E-state index in [1.165, 1.54) is 0 Å². The van der Waals surface area contributed by atoms with E-state index >= 15 is 0 Å². The fourth-order valence-electron chi connectivity index (χ4n) is 2.43. The SMILES string of the molecule is CNC(c1cccnc1N)C1COc2ccccc2O1. The Balaban J connectivity index is 1.87. The number of likely N-dealkylation sites (N-methyl/N-ethyl adjacent to an activating group) is 1. The molecule has 0 spiro atoms. The van der Waals surface area contributed by atoms with Crippen LogP contribution in [0.5, 0.6) is 11.5 Å². The number of ether oxygens (including phenoxy) is 2. The molecule has 5 heteroatoms. The minimum absolute atomic E-state index is 0.0722. The van der Waals surface area contributed by atoms with E-state index in [2.05, 4.69) is 10.3 Å². The first kappa shape index (κ1) is 12.7. The van der Waals surface area contributed by atoms with Gasteiger partial charge in [0.15, 0.2) is 17.6 Å². The van der Waals surface area contributed by atoms with Gasteiger partial charge in [-0.15, -0.1) is 0 Å². The van der Waals surface area contributed by atoms with E-state index in [4.69, 9.17) is 15.2 Å². The van der Waals surface area contributed by atoms with Gasteiger partial charge in [-0.2, -0.15) is 0 Å². The number of pyridine rings is 1. The smallest absolute Gasteiger partial charge is 0.161 e. The molecule has 1 aliphatic rings. The number of aromatic nitrogens is 1. The lowest BCUT2D eigenvalue weighted by Crippen LogP contribution is -2.40. The zero-order chi connectivity index (χ0) is 13.9. The summed E-state index contributed by atoms with van der Waals surface area (Å²) >= 11 is 0. The van der Waals surface area contributed by atoms with Crippen molar-refractivity contribution in [2.24, 2.45) is 0 Å². The number of nitrogens with two attached hydrogens (primary N) is 1. The van der Waals surface area contributed by atoms with Crippen molar-refractivity contribution in [3.05, 3.63) is 48.2 Å². The molecule has 1 aromatic heterocycles. The summed E-state index contributed by atoms with van der Waals surface area (Å²) < 4.78 is 11.8. The molecular weight excluding hydrogens is 254 g/mol. The fraction of sp³-hybridized carbons (Fsp3) is 0.267. The van der Waals surface area contributed by atoms with Crippen LogP contribution >= 0.6 is 0 Å². The van der Waals surface area contributed by atoms with Crippen molar-refractivity contribution in [1.29, 1.82) is 0 Å². The van der Waals surface area contributed by atoms with Crippen LogP contribution < -0.4 is 20.5 Å². The van der Waals surface area contributed by atoms with Gasteiger partial charge in [0.05, 0.1) is 6.04 Å². The van der Waals surface area contributed by atoms with Gasteiger partial charge in [-0.05, 0) is 25.2 Å². The number of rotatable bonds is 3. The molecule has 3 N–H and O–H groups in total. The maximum absolute atomic E-state index is 6.02. The Morgan fingerprint density at radius 3 is 2.80 bits per heavy atom. The van der Waals surface area contributed by atoms with Gasteiger partial charge < -0.3 is 20.5 Å². The molecule has 0 radical (unpaired) electrons. The minimum atomic E-state index is -0.151. The van der Waals surface area contributed by atoms with Crippen LogP contribution in [0.2, 0.25) is 0 Å². The molecule has 0 saturated heterocycles. The van der Waals surface area contributed by atoms with Crippen LogP contribution in [-0.4, -0.2) is 24.7 Å². The third-order valence-corrected chi connectivity index (χ3v) is 3.42. The Bertz CT molecular complexity index is 603. The van der Waals surface area contributed by atoms with Crippen LogP contribution in [0.4, 0.5) is 5.82 Å². The molecule has 2 heterocycles. The van der Waals surface area contributed by atoms with E-state index in [-0.39, 0.29) is 12.1 Å². The highest BCUT2D eigenvalue weighted by atomic mass is 16.6. The lowest BCUT2D eigenvalue weighted by atomic mass is 10.0. The first-order valence-electron chi connectivity index (χ1n) is 6.55. The lowest BCUT2D eigenvalue weighted by Gasteiger charge is -2.32. The quantitative estimate of drug-likeness (QED) is 0.890. The average Bonchev–Trinajstić information content (AvgIpc) is 2.50. The molecule has 0 aliphatic carbocycles. The molecule has 2 unspecified atom stereocenters. The van der Waals surface area contributed by atoms with E-state index in [1.54, 1.807) is 6.20 Å². The number of hydrogen-bond acceptors (Lipinski definition) is 5. The molecule has 2 aromatic rings. The summed E-state index contributed by atoms with van der Waals surface area (Å²) in [5, 5.41) is 3.23. The summed E-state index contributed by atoms with van der Waals surface area (Å²) in [6, 6.07) is 11.4. The van der Waals surface area contributed by atoms with Crippen molar-refractivity contribution in [2.45, 2.75) is 12.1 Å². The second-order valence-electron chi connectivity index (χ2n) is 4.66. The Hall–Kier alpha value is -2.27. The van der Waals surface area contributed by atoms with Gasteiger partial charge >= 0.3 is 0 Å². The van der Waals surface area contributed by atoms with Crippen molar-refractivity contribution in [3.63, 3.8) is 0 Å². The molecule has 0 amide bonds. The highest BCUT2D eigenvalue weighted by Crippen LogP contribution is 2.34. The van der Waals surface area contributed by atoms with E-state index in [0.29, 0.717) is 12.4 Å². The Kier molecular flexibility index (Phi) is 3.43. The summed E-state index contributed by atoms with van der Waals surface area (Å²) in [6.45, 7) is 0.469. The zero-order valence-corrected chi connectivity index (χ0v) is 11.2. The summed E-state index contributed by atoms with van der Waals surface area (Å²) in [5.41, 5.74) is 6.87. The standard InChI is InChI=1S/C15H17N3O2/c1-17-14(10-5-4-8-18-15(10)16)13-9-19-11-6-2-3-7-12(11)20-13/h2-8,13-14,17H,9H2,1H3,(H2,16,18). The van der Waals surface area contributed by atoms with Crippen LogP contribution in [-0.2, 0) is 0 Å². The topological polar surface area (TPSA) is 69.4 Å². The van der Waals surface area contributed by atoms with Crippen molar-refractivity contribution < 1.29 is 9.47 Å². The van der Waals surface area contributed by atoms with Gasteiger partial charge in [-0.3, -0.25) is 0 Å². The number of nitrogens with one attached hydrogen (secondary N) is 1. The summed E-state index contributed by atoms with van der Waals surface area (Å²) in [5.74, 6) is 2.04. The number of fused-ring (bicyclic) bond motifs is 1. The largest absolute Gasteiger partial charge is 0.486 e. The van der Waals surface area contributed by atoms with E-state index in [9.17, 15) is 0 Å². The monoisotopic (exact) mass is 271 g/mol. The number of nitrogen functional groups attached to an aromatic ring is 1. The van der Waals surface area contributed by atoms with E-state index in [0.717, 1.165) is 17.1 Å². The van der Waals surface area contributed by atoms with Crippen molar-refractivity contribution in [3.8, 4) is 11.5 Å². The molecule has 20 heavy (non-hydrogen) atoms. The van der Waals surface area contributed by atoms with Gasteiger partial charge in [-0.25, -0.2) is 4.98 Å². The van der Waals surface area contributed by atoms with E-state index in [1.807, 2.05) is 43.4 Å². The third-order valence-electron chi connectivity index (χ3n) is 3.42. The van der Waals surface area contributed by atoms with Crippen molar-refractivity contribution in [1.82, 2.24) is 10.3 Å². The van der Waals surface area contributed by atoms with E-state index < -0.39 is 0 Å². The Labute approximate surface area is 117 Å². The van der Waals surface area contributed by atoms with Crippen LogP contribution in [0.1, 0.15) is 11.6 Å². The Morgan fingerprint density at radius 2 is 2.05 bits per heavy atom. The highest BCUT2D eigenvalue weighted by molar-refractivity contribution is 5.44. The third kappa shape index (κ3) is 2.28. The predicted molar refractivity (Wildman–Crippen MR) is 76.8 cm³/mol. The molecule has 0 fully saturated rings. The summed E-state index contributed by atoms with van der Waals surface area (Å²) in [7, 11) is 1.88. The summed E-state index contributed by atoms with van der Waals surface area (Å²) in [6.07, 6.45) is 1.53. The molecule has 5 nitrogen and oxygen atoms in total. The minimum Gasteiger partial charge on any atom is -0.486 e. The molecule has 0 bridgehead atoms. The van der Waals surface area contributed by atoms with Crippen molar-refractivity contribution in [2.75, 3.05) is 19.4 Å². The first-order valence-corrected chi connectivity index (χ1v) is 6.55. The maximum Gasteiger partial charge on any atom is 0.161 e. The number of para-hydroxylation sites is 2. The van der Waals surface area contributed by atoms with Gasteiger partial charge in [0.2, 0.25) is 0 Å². The number of hydrogen-bond donors (Lipinski definition) is 2. The number of benzene rings is 1. The molecule has 1 aromatic carbocycles. The molecular formula is C15H17N3O2. The van der Waals surface area contributed by atoms with Gasteiger partial charge in [-0.1, -0.05) is 18.2 Å². The lowest BCUT2D eigenvalue weighted by molar-refractivity contribution is 0.0639. The molecule has 1 aliphatic heterocycles. The second kappa shape index (κ2) is 5.38. The van der Waals surface area contributed by atoms with Crippen LogP contribution in [0.15, 0.2) is 42.6 Å². The molecule has 3 rings (SSSR count). The first-order chi connectivity index (χ1) is 9.79. The predicted octanol–water partition coefficient (Wildman–Crippen LogP) is 1.76. The van der Waals surface area contributed by atoms with Crippen LogP contribution in [0.25, 0.3) is 0 Å². The van der Waals surface area contributed by atoms with Crippen LogP contribution in [0.3, 0.4) is 0 Å². The zero-order valence-electron chi connectivity index (χ0n) is 11.2. The van der Waals surface area contributed by atoms with Gasteiger partial charge in [0, 0.05) is 11.8 Å². The maximum atomic E-state index is 6.02. The summed E-state index contributed by atoms with van der Waals surface area (Å²) in [4.78, 5) is 4.13. The highest BCUT2D eigenvalue weighted by Gasteiger charge is 2.30. The van der Waals surface area contributed by atoms with Crippen molar-refractivity contribution >= 4 is 5.82 Å². The normalized spacial score (nSPS) is 18.6. The van der Waals surface area contributed by atoms with Gasteiger partial charge in [0.1, 0.15) is 12.4 Å². The average molecular weight is 271 g/mol. The molecule has 0 saturated carbocycles. The second-order valence-corrected chi connectivity index (χ2v) is 4.66. The number of nitrogens with zero attached hydrogens (tertiary/aromatic N) is 1. The van der Waals surface area contributed by atoms with Gasteiger partial charge in [0.25, 0.3) is 0 Å². The van der Waals surface area contributed by atoms with Crippen LogP contribution in [0, 0.1) is 0 Å². The number of anilines is 1. The Morgan fingerprint density at radius 1 is 1.25 bits per heavy atom. The fourth-order valence-corrected chi connectivity index (χ4v) is 2.43. The molecule has 104 valence electrons. The molecule has 2 atom stereocenters.